The van der Waals surface area contributed by atoms with E-state index in [4.69, 9.17) is 0 Å². The minimum Gasteiger partial charge on any atom is -0.308 e. The first-order valence-electron chi connectivity index (χ1n) is 6.60. The Labute approximate surface area is 116 Å². The summed E-state index contributed by atoms with van der Waals surface area (Å²) in [5, 5.41) is 6.73. The molecule has 1 aromatic heterocycles. The van der Waals surface area contributed by atoms with Crippen molar-refractivity contribution in [1.29, 1.82) is 0 Å². The fourth-order valence-electron chi connectivity index (χ4n) is 2.56. The molecular formula is C15H17FN2S. The van der Waals surface area contributed by atoms with Crippen molar-refractivity contribution in [1.82, 2.24) is 10.3 Å². The summed E-state index contributed by atoms with van der Waals surface area (Å²) in [4.78, 5) is 4.44. The van der Waals surface area contributed by atoms with E-state index in [0.29, 0.717) is 12.0 Å². The number of hydrogen-bond acceptors (Lipinski definition) is 3. The molecule has 2 aromatic rings. The standard InChI is InChI=1S/C15H17FN2S/c1-10-18-15(9-19-10)8-17-14-6-12(7-14)11-3-2-4-13(16)5-11/h2-5,9,12,14,17H,6-8H2,1H3. The van der Waals surface area contributed by atoms with Gasteiger partial charge in [-0.25, -0.2) is 9.37 Å². The number of hydrogen-bond donors (Lipinski definition) is 1. The predicted molar refractivity (Wildman–Crippen MR) is 75.9 cm³/mol. The predicted octanol–water partition coefficient (Wildman–Crippen LogP) is 3.63. The van der Waals surface area contributed by atoms with Crippen molar-refractivity contribution in [3.05, 3.63) is 51.7 Å². The molecule has 1 heterocycles. The molecule has 0 spiro atoms. The summed E-state index contributed by atoms with van der Waals surface area (Å²) < 4.78 is 13.1. The van der Waals surface area contributed by atoms with Crippen LogP contribution in [0.3, 0.4) is 0 Å². The van der Waals surface area contributed by atoms with Crippen LogP contribution in [-0.4, -0.2) is 11.0 Å². The molecule has 4 heteroatoms. The molecular weight excluding hydrogens is 259 g/mol. The van der Waals surface area contributed by atoms with Gasteiger partial charge in [-0.3, -0.25) is 0 Å². The second-order valence-electron chi connectivity index (χ2n) is 5.16. The topological polar surface area (TPSA) is 24.9 Å². The molecule has 100 valence electrons. The Balaban J connectivity index is 1.48. The minimum atomic E-state index is -0.133. The number of halogens is 1. The second kappa shape index (κ2) is 5.39. The molecule has 0 aliphatic heterocycles. The van der Waals surface area contributed by atoms with Crippen LogP contribution in [0.25, 0.3) is 0 Å². The molecule has 0 unspecified atom stereocenters. The van der Waals surface area contributed by atoms with Gasteiger partial charge in [0.1, 0.15) is 5.82 Å². The van der Waals surface area contributed by atoms with Crippen molar-refractivity contribution < 1.29 is 4.39 Å². The van der Waals surface area contributed by atoms with Gasteiger partial charge in [-0.05, 0) is 43.4 Å². The van der Waals surface area contributed by atoms with Gasteiger partial charge in [0.25, 0.3) is 0 Å². The lowest BCUT2D eigenvalue weighted by molar-refractivity contribution is 0.288. The molecule has 3 rings (SSSR count). The van der Waals surface area contributed by atoms with E-state index < -0.39 is 0 Å². The maximum absolute atomic E-state index is 13.1. The van der Waals surface area contributed by atoms with Crippen LogP contribution in [0.15, 0.2) is 29.6 Å². The number of aryl methyl sites for hydroxylation is 1. The highest BCUT2D eigenvalue weighted by molar-refractivity contribution is 7.09. The third kappa shape index (κ3) is 3.01. The van der Waals surface area contributed by atoms with Gasteiger partial charge in [-0.1, -0.05) is 12.1 Å². The zero-order valence-corrected chi connectivity index (χ0v) is 11.7. The van der Waals surface area contributed by atoms with E-state index >= 15 is 0 Å². The Morgan fingerprint density at radius 1 is 1.42 bits per heavy atom. The van der Waals surface area contributed by atoms with Gasteiger partial charge in [0, 0.05) is 18.0 Å². The summed E-state index contributed by atoms with van der Waals surface area (Å²) >= 11 is 1.69. The zero-order valence-electron chi connectivity index (χ0n) is 10.9. The Morgan fingerprint density at radius 3 is 2.95 bits per heavy atom. The number of aromatic nitrogens is 1. The number of benzene rings is 1. The second-order valence-corrected chi connectivity index (χ2v) is 6.22. The van der Waals surface area contributed by atoms with Crippen LogP contribution in [0.4, 0.5) is 4.39 Å². The SMILES string of the molecule is Cc1nc(CNC2CC(c3cccc(F)c3)C2)cs1. The van der Waals surface area contributed by atoms with Crippen LogP contribution in [0.5, 0.6) is 0 Å². The first-order chi connectivity index (χ1) is 9.20. The Morgan fingerprint density at radius 2 is 2.26 bits per heavy atom. The molecule has 1 N–H and O–H groups in total. The molecule has 1 fully saturated rings. The smallest absolute Gasteiger partial charge is 0.123 e. The summed E-state index contributed by atoms with van der Waals surface area (Å²) in [6.45, 7) is 2.86. The first kappa shape index (κ1) is 12.8. The van der Waals surface area contributed by atoms with E-state index in [9.17, 15) is 4.39 Å². The summed E-state index contributed by atoms with van der Waals surface area (Å²) in [5.41, 5.74) is 2.25. The molecule has 1 saturated carbocycles. The van der Waals surface area contributed by atoms with Crippen molar-refractivity contribution in [3.63, 3.8) is 0 Å². The number of thiazole rings is 1. The van der Waals surface area contributed by atoms with Crippen LogP contribution >= 0.6 is 11.3 Å². The normalized spacial score (nSPS) is 22.2. The van der Waals surface area contributed by atoms with Gasteiger partial charge in [-0.15, -0.1) is 11.3 Å². The molecule has 1 aliphatic rings. The zero-order chi connectivity index (χ0) is 13.2. The number of nitrogens with one attached hydrogen (secondary N) is 1. The van der Waals surface area contributed by atoms with Crippen molar-refractivity contribution in [3.8, 4) is 0 Å². The van der Waals surface area contributed by atoms with Gasteiger partial charge in [0.15, 0.2) is 0 Å². The van der Waals surface area contributed by atoms with E-state index in [1.165, 1.54) is 6.07 Å². The quantitative estimate of drug-likeness (QED) is 0.922. The van der Waals surface area contributed by atoms with Crippen molar-refractivity contribution in [2.24, 2.45) is 0 Å². The minimum absolute atomic E-state index is 0.133. The van der Waals surface area contributed by atoms with Crippen molar-refractivity contribution in [2.45, 2.75) is 38.3 Å². The highest BCUT2D eigenvalue weighted by atomic mass is 32.1. The van der Waals surface area contributed by atoms with E-state index in [1.54, 1.807) is 23.5 Å². The molecule has 2 nitrogen and oxygen atoms in total. The van der Waals surface area contributed by atoms with Gasteiger partial charge in [0.05, 0.1) is 10.7 Å². The maximum Gasteiger partial charge on any atom is 0.123 e. The Kier molecular flexibility index (Phi) is 3.62. The summed E-state index contributed by atoms with van der Waals surface area (Å²) in [6, 6.07) is 7.51. The summed E-state index contributed by atoms with van der Waals surface area (Å²) in [6.07, 6.45) is 2.18. The highest BCUT2D eigenvalue weighted by Gasteiger charge is 2.29. The molecule has 0 bridgehead atoms. The van der Waals surface area contributed by atoms with E-state index in [1.807, 2.05) is 13.0 Å². The van der Waals surface area contributed by atoms with Gasteiger partial charge < -0.3 is 5.32 Å². The molecule has 0 radical (unpaired) electrons. The average molecular weight is 276 g/mol. The van der Waals surface area contributed by atoms with Crippen molar-refractivity contribution >= 4 is 11.3 Å². The Bertz CT molecular complexity index is 561. The average Bonchev–Trinajstić information content (AvgIpc) is 2.73. The highest BCUT2D eigenvalue weighted by Crippen LogP contribution is 2.37. The molecule has 0 amide bonds. The van der Waals surface area contributed by atoms with Crippen LogP contribution < -0.4 is 5.32 Å². The maximum atomic E-state index is 13.1. The van der Waals surface area contributed by atoms with Gasteiger partial charge >= 0.3 is 0 Å². The largest absolute Gasteiger partial charge is 0.308 e. The van der Waals surface area contributed by atoms with Crippen LogP contribution in [0, 0.1) is 12.7 Å². The van der Waals surface area contributed by atoms with Crippen LogP contribution in [-0.2, 0) is 6.54 Å². The van der Waals surface area contributed by atoms with E-state index in [2.05, 4.69) is 15.7 Å². The number of nitrogens with zero attached hydrogens (tertiary/aromatic N) is 1. The fraction of sp³-hybridized carbons (Fsp3) is 0.400. The van der Waals surface area contributed by atoms with Gasteiger partial charge in [-0.2, -0.15) is 0 Å². The summed E-state index contributed by atoms with van der Waals surface area (Å²) in [7, 11) is 0. The lowest BCUT2D eigenvalue weighted by Crippen LogP contribution is -2.39. The molecule has 0 atom stereocenters. The molecule has 19 heavy (non-hydrogen) atoms. The first-order valence-corrected chi connectivity index (χ1v) is 7.48. The summed E-state index contributed by atoms with van der Waals surface area (Å²) in [5.74, 6) is 0.372. The van der Waals surface area contributed by atoms with Crippen LogP contribution in [0.1, 0.15) is 35.0 Å². The van der Waals surface area contributed by atoms with Crippen molar-refractivity contribution in [2.75, 3.05) is 0 Å². The third-order valence-electron chi connectivity index (χ3n) is 3.70. The van der Waals surface area contributed by atoms with E-state index in [0.717, 1.165) is 35.7 Å². The monoisotopic (exact) mass is 276 g/mol. The Hall–Kier alpha value is -1.26. The lowest BCUT2D eigenvalue weighted by Gasteiger charge is -2.36. The van der Waals surface area contributed by atoms with Crippen LogP contribution in [0.2, 0.25) is 0 Å². The molecule has 1 aromatic carbocycles. The fourth-order valence-corrected chi connectivity index (χ4v) is 3.17. The lowest BCUT2D eigenvalue weighted by atomic mass is 9.76. The third-order valence-corrected chi connectivity index (χ3v) is 4.52. The van der Waals surface area contributed by atoms with Gasteiger partial charge in [0.2, 0.25) is 0 Å². The molecule has 0 saturated heterocycles. The molecule has 1 aliphatic carbocycles. The number of rotatable bonds is 4. The van der Waals surface area contributed by atoms with E-state index in [-0.39, 0.29) is 5.82 Å².